The summed E-state index contributed by atoms with van der Waals surface area (Å²) in [5, 5.41) is 19.7. The molecule has 0 bridgehead atoms. The molecule has 0 aromatic carbocycles. The molecule has 12 nitrogen and oxygen atoms in total. The molecule has 0 radical (unpaired) electrons. The van der Waals surface area contributed by atoms with Crippen molar-refractivity contribution >= 4 is 24.8 Å². The van der Waals surface area contributed by atoms with Gasteiger partial charge in [-0.25, -0.2) is 14.1 Å². The molecule has 0 aliphatic carbocycles. The van der Waals surface area contributed by atoms with Crippen molar-refractivity contribution in [2.45, 2.75) is 24.5 Å². The van der Waals surface area contributed by atoms with Crippen LogP contribution in [0.15, 0.2) is 12.7 Å². The lowest BCUT2D eigenvalue weighted by molar-refractivity contribution is -0.645. The third-order valence-corrected chi connectivity index (χ3v) is 4.27. The number of aliphatic hydroxyl groups is 2. The van der Waals surface area contributed by atoms with Crippen molar-refractivity contribution in [1.82, 2.24) is 14.5 Å². The Bertz CT molecular complexity index is 807. The lowest BCUT2D eigenvalue weighted by Gasteiger charge is -2.18. The number of nitrogens with two attached hydrogens (primary N) is 1. The number of ether oxygens (including phenoxy) is 1. The second kappa shape index (κ2) is 6.01. The number of hydrogen-bond acceptors (Lipinski definition) is 8. The Hall–Kier alpha value is -1.66. The quantitative estimate of drug-likeness (QED) is 0.290. The van der Waals surface area contributed by atoms with E-state index in [2.05, 4.69) is 14.5 Å². The first kappa shape index (κ1) is 17.2. The molecule has 0 saturated carbocycles. The normalized spacial score (nSPS) is 27.9. The van der Waals surface area contributed by atoms with E-state index in [0.29, 0.717) is 11.2 Å². The summed E-state index contributed by atoms with van der Waals surface area (Å²) in [6.07, 6.45) is -2.30. The highest BCUT2D eigenvalue weighted by atomic mass is 31.2. The van der Waals surface area contributed by atoms with E-state index < -0.39 is 39.0 Å². The fourth-order valence-electron chi connectivity index (χ4n) is 2.78. The molecular formula is C11H17N5O7P+. The molecule has 132 valence electrons. The number of anilines is 1. The Kier molecular flexibility index (Phi) is 4.30. The number of rotatable bonds is 4. The van der Waals surface area contributed by atoms with E-state index in [1.807, 2.05) is 0 Å². The lowest BCUT2D eigenvalue weighted by atomic mass is 10.1. The zero-order valence-electron chi connectivity index (χ0n) is 12.5. The van der Waals surface area contributed by atoms with Crippen molar-refractivity contribution in [2.24, 2.45) is 7.05 Å². The topological polar surface area (TPSA) is 177 Å². The molecule has 0 spiro atoms. The minimum absolute atomic E-state index is 0.218. The maximum atomic E-state index is 11.1. The third kappa shape index (κ3) is 2.89. The Morgan fingerprint density at radius 1 is 1.50 bits per heavy atom. The second-order valence-corrected chi connectivity index (χ2v) is 6.56. The lowest BCUT2D eigenvalue weighted by Crippen LogP contribution is -2.35. The molecule has 1 aliphatic heterocycles. The van der Waals surface area contributed by atoms with Gasteiger partial charge in [0.2, 0.25) is 18.1 Å². The minimum Gasteiger partial charge on any atom is -0.394 e. The molecule has 1 aliphatic rings. The summed E-state index contributed by atoms with van der Waals surface area (Å²) in [5.41, 5.74) is 6.65. The maximum absolute atomic E-state index is 11.1. The average molecular weight is 362 g/mol. The van der Waals surface area contributed by atoms with E-state index in [4.69, 9.17) is 20.3 Å². The molecule has 3 rings (SSSR count). The molecule has 1 fully saturated rings. The SMILES string of the molecule is C[n+]1cn([C@@H]2O[C@H](CO)[C@@H](OP(=O)(O)O)[C@H]2O)c2ncnc(N)c21. The minimum atomic E-state index is -4.88. The van der Waals surface area contributed by atoms with Gasteiger partial charge in [0.05, 0.1) is 13.7 Å². The smallest absolute Gasteiger partial charge is 0.394 e. The Morgan fingerprint density at radius 2 is 2.21 bits per heavy atom. The summed E-state index contributed by atoms with van der Waals surface area (Å²) in [6, 6.07) is 0. The predicted octanol–water partition coefficient (Wildman–Crippen LogP) is -2.43. The van der Waals surface area contributed by atoms with E-state index in [1.165, 1.54) is 17.2 Å². The number of aliphatic hydroxyl groups excluding tert-OH is 2. The van der Waals surface area contributed by atoms with Gasteiger partial charge in [-0.3, -0.25) is 4.52 Å². The Balaban J connectivity index is 2.02. The first-order valence-electron chi connectivity index (χ1n) is 6.88. The molecule has 2 aromatic rings. The molecule has 13 heteroatoms. The highest BCUT2D eigenvalue weighted by molar-refractivity contribution is 7.46. The summed E-state index contributed by atoms with van der Waals surface area (Å²) in [7, 11) is -3.20. The molecular weight excluding hydrogens is 345 g/mol. The molecule has 1 saturated heterocycles. The van der Waals surface area contributed by atoms with Crippen LogP contribution in [-0.2, 0) is 20.9 Å². The van der Waals surface area contributed by atoms with Crippen LogP contribution in [0.2, 0.25) is 0 Å². The molecule has 24 heavy (non-hydrogen) atoms. The van der Waals surface area contributed by atoms with Crippen LogP contribution in [0, 0.1) is 0 Å². The summed E-state index contributed by atoms with van der Waals surface area (Å²) in [5.74, 6) is 0.218. The van der Waals surface area contributed by atoms with Crippen LogP contribution in [0.3, 0.4) is 0 Å². The number of fused-ring (bicyclic) bond motifs is 1. The van der Waals surface area contributed by atoms with Crippen LogP contribution in [0.1, 0.15) is 6.23 Å². The van der Waals surface area contributed by atoms with Crippen molar-refractivity contribution in [3.63, 3.8) is 0 Å². The molecule has 3 heterocycles. The fourth-order valence-corrected chi connectivity index (χ4v) is 3.36. The van der Waals surface area contributed by atoms with Crippen LogP contribution < -0.4 is 10.3 Å². The average Bonchev–Trinajstić information content (AvgIpc) is 2.97. The van der Waals surface area contributed by atoms with Crippen molar-refractivity contribution in [3.8, 4) is 0 Å². The Morgan fingerprint density at radius 3 is 2.83 bits per heavy atom. The van der Waals surface area contributed by atoms with Gasteiger partial charge in [-0.1, -0.05) is 0 Å². The molecule has 0 unspecified atom stereocenters. The van der Waals surface area contributed by atoms with Crippen LogP contribution >= 0.6 is 7.82 Å². The van der Waals surface area contributed by atoms with Crippen LogP contribution in [0.4, 0.5) is 5.82 Å². The van der Waals surface area contributed by atoms with Crippen molar-refractivity contribution in [1.29, 1.82) is 0 Å². The van der Waals surface area contributed by atoms with Crippen molar-refractivity contribution in [2.75, 3.05) is 12.3 Å². The van der Waals surface area contributed by atoms with E-state index >= 15 is 0 Å². The van der Waals surface area contributed by atoms with Gasteiger partial charge in [-0.15, -0.1) is 0 Å². The number of nitrogens with zero attached hydrogens (tertiary/aromatic N) is 4. The zero-order chi connectivity index (χ0) is 17.6. The summed E-state index contributed by atoms with van der Waals surface area (Å²) in [6.45, 7) is -0.597. The second-order valence-electron chi connectivity index (χ2n) is 5.36. The van der Waals surface area contributed by atoms with Crippen molar-refractivity contribution < 1.29 is 38.4 Å². The molecule has 2 aromatic heterocycles. The van der Waals surface area contributed by atoms with Crippen LogP contribution in [0.25, 0.3) is 11.2 Å². The molecule has 4 atom stereocenters. The fraction of sp³-hybridized carbons (Fsp3) is 0.545. The van der Waals surface area contributed by atoms with Crippen LogP contribution in [0.5, 0.6) is 0 Å². The Labute approximate surface area is 135 Å². The van der Waals surface area contributed by atoms with Gasteiger partial charge in [0.25, 0.3) is 5.65 Å². The largest absolute Gasteiger partial charge is 0.470 e. The monoisotopic (exact) mass is 362 g/mol. The van der Waals surface area contributed by atoms with Gasteiger partial charge in [0.1, 0.15) is 24.6 Å². The first-order chi connectivity index (χ1) is 11.2. The van der Waals surface area contributed by atoms with E-state index in [1.54, 1.807) is 11.6 Å². The van der Waals surface area contributed by atoms with Gasteiger partial charge in [-0.05, 0) is 0 Å². The van der Waals surface area contributed by atoms with Gasteiger partial charge in [0, 0.05) is 0 Å². The number of hydrogen-bond donors (Lipinski definition) is 5. The zero-order valence-corrected chi connectivity index (χ0v) is 13.4. The highest BCUT2D eigenvalue weighted by Crippen LogP contribution is 2.44. The predicted molar refractivity (Wildman–Crippen MR) is 77.0 cm³/mol. The number of nitrogen functional groups attached to an aromatic ring is 1. The number of imidazole rings is 1. The molecule has 6 N–H and O–H groups in total. The van der Waals surface area contributed by atoms with E-state index in [-0.39, 0.29) is 5.82 Å². The van der Waals surface area contributed by atoms with Crippen molar-refractivity contribution in [3.05, 3.63) is 12.7 Å². The van der Waals surface area contributed by atoms with Gasteiger partial charge in [-0.2, -0.15) is 9.55 Å². The highest BCUT2D eigenvalue weighted by Gasteiger charge is 2.51. The maximum Gasteiger partial charge on any atom is 0.470 e. The van der Waals surface area contributed by atoms with Crippen LogP contribution in [-0.4, -0.2) is 59.5 Å². The number of aromatic nitrogens is 4. The summed E-state index contributed by atoms with van der Waals surface area (Å²) in [4.78, 5) is 25.9. The van der Waals surface area contributed by atoms with E-state index in [0.717, 1.165) is 0 Å². The van der Waals surface area contributed by atoms with E-state index in [9.17, 15) is 14.8 Å². The number of phosphoric acid groups is 1. The molecule has 0 amide bonds. The summed E-state index contributed by atoms with van der Waals surface area (Å²) < 4.78 is 24.2. The first-order valence-corrected chi connectivity index (χ1v) is 8.41. The number of phosphoric ester groups is 1. The standard InChI is InChI=1S/C11H16N5O7P/c1-15-4-16(10-6(15)9(12)13-3-14-10)11-7(18)8(5(2-17)22-11)23-24(19,20)21/h3-5,7-8,11,17-18H,2H2,1H3,(H3-,12,13,14,19,20,21)/p+1/t5-,7-,8-,11-/m1/s1. The van der Waals surface area contributed by atoms with Gasteiger partial charge < -0.3 is 30.5 Å². The third-order valence-electron chi connectivity index (χ3n) is 3.75. The summed E-state index contributed by atoms with van der Waals surface area (Å²) >= 11 is 0. The van der Waals surface area contributed by atoms with Gasteiger partial charge in [0.15, 0.2) is 5.82 Å². The number of aryl methyl sites for hydroxylation is 1. The van der Waals surface area contributed by atoms with Gasteiger partial charge >= 0.3 is 7.82 Å².